The van der Waals surface area contributed by atoms with Crippen molar-refractivity contribution in [3.05, 3.63) is 78.4 Å². The molecule has 0 bridgehead atoms. The van der Waals surface area contributed by atoms with Crippen LogP contribution in [0.3, 0.4) is 0 Å². The molecule has 0 aliphatic heterocycles. The lowest BCUT2D eigenvalue weighted by Crippen LogP contribution is -2.41. The normalized spacial score (nSPS) is 11.2. The summed E-state index contributed by atoms with van der Waals surface area (Å²) in [6.45, 7) is 3.75. The summed E-state index contributed by atoms with van der Waals surface area (Å²) in [5.74, 6) is 0.236. The maximum absolute atomic E-state index is 12.9. The molecular weight excluding hydrogens is 416 g/mol. The van der Waals surface area contributed by atoms with E-state index >= 15 is 0 Å². The van der Waals surface area contributed by atoms with Crippen molar-refractivity contribution in [2.24, 2.45) is 0 Å². The number of benzene rings is 3. The lowest BCUT2D eigenvalue weighted by molar-refractivity contribution is 0.0944. The Hall–Kier alpha value is -3.36. The van der Waals surface area contributed by atoms with Gasteiger partial charge in [0.15, 0.2) is 11.5 Å². The van der Waals surface area contributed by atoms with Gasteiger partial charge >= 0.3 is 0 Å². The zero-order valence-electron chi connectivity index (χ0n) is 17.5. The molecule has 0 aliphatic rings. The van der Waals surface area contributed by atoms with Crippen molar-refractivity contribution in [2.75, 3.05) is 7.11 Å². The van der Waals surface area contributed by atoms with Crippen LogP contribution in [-0.2, 0) is 10.0 Å². The summed E-state index contributed by atoms with van der Waals surface area (Å²) in [7, 11) is -2.55. The number of rotatable bonds is 8. The van der Waals surface area contributed by atoms with Crippen LogP contribution in [0.4, 0.5) is 0 Å². The van der Waals surface area contributed by atoms with Crippen molar-refractivity contribution in [1.82, 2.24) is 10.3 Å². The number of ether oxygens (including phenoxy) is 2. The highest BCUT2D eigenvalue weighted by atomic mass is 32.2. The molecule has 8 heteroatoms. The number of hydrazine groups is 1. The molecule has 0 radical (unpaired) electrons. The third-order valence-electron chi connectivity index (χ3n) is 4.35. The van der Waals surface area contributed by atoms with Gasteiger partial charge in [0.1, 0.15) is 0 Å². The Kier molecular flexibility index (Phi) is 6.94. The third-order valence-corrected chi connectivity index (χ3v) is 5.65. The number of nitrogens with one attached hydrogen (secondary N) is 2. The van der Waals surface area contributed by atoms with Gasteiger partial charge in [-0.25, -0.2) is 8.42 Å². The van der Waals surface area contributed by atoms with Gasteiger partial charge in [-0.2, -0.15) is 0 Å². The molecule has 0 spiro atoms. The average molecular weight is 441 g/mol. The van der Waals surface area contributed by atoms with E-state index in [1.165, 1.54) is 25.3 Å². The molecule has 0 fully saturated rings. The summed E-state index contributed by atoms with van der Waals surface area (Å²) < 4.78 is 36.7. The van der Waals surface area contributed by atoms with E-state index in [9.17, 15) is 13.2 Å². The van der Waals surface area contributed by atoms with Gasteiger partial charge in [-0.3, -0.25) is 10.2 Å². The van der Waals surface area contributed by atoms with Gasteiger partial charge in [0.25, 0.3) is 15.9 Å². The maximum atomic E-state index is 12.9. The fourth-order valence-corrected chi connectivity index (χ4v) is 4.03. The summed E-state index contributed by atoms with van der Waals surface area (Å²) in [5.41, 5.74) is 3.75. The standard InChI is InChI=1S/C23H24N2O5S/c1-16(2)30-20-14-13-18(15-21(20)29-3)23(26)24-25-31(27,28)22-12-8-7-11-19(22)17-9-5-4-6-10-17/h4-16,25H,1-3H3,(H,24,26). The van der Waals surface area contributed by atoms with Gasteiger partial charge in [0, 0.05) is 11.1 Å². The Morgan fingerprint density at radius 3 is 2.26 bits per heavy atom. The van der Waals surface area contributed by atoms with Gasteiger partial charge < -0.3 is 9.47 Å². The molecule has 162 valence electrons. The summed E-state index contributed by atoms with van der Waals surface area (Å²) >= 11 is 0. The number of hydrogen-bond acceptors (Lipinski definition) is 5. The molecule has 0 heterocycles. The van der Waals surface area contributed by atoms with Crippen LogP contribution in [0.15, 0.2) is 77.7 Å². The lowest BCUT2D eigenvalue weighted by atomic mass is 10.1. The highest BCUT2D eigenvalue weighted by molar-refractivity contribution is 7.89. The first-order chi connectivity index (χ1) is 14.8. The van der Waals surface area contributed by atoms with Crippen LogP contribution < -0.4 is 19.7 Å². The van der Waals surface area contributed by atoms with E-state index < -0.39 is 15.9 Å². The quantitative estimate of drug-likeness (QED) is 0.520. The van der Waals surface area contributed by atoms with E-state index in [-0.39, 0.29) is 16.6 Å². The maximum Gasteiger partial charge on any atom is 0.266 e. The molecule has 0 atom stereocenters. The van der Waals surface area contributed by atoms with Gasteiger partial charge in [-0.15, -0.1) is 4.83 Å². The van der Waals surface area contributed by atoms with E-state index in [4.69, 9.17) is 9.47 Å². The largest absolute Gasteiger partial charge is 0.493 e. The molecule has 0 unspecified atom stereocenters. The molecule has 0 saturated heterocycles. The third kappa shape index (κ3) is 5.42. The van der Waals surface area contributed by atoms with E-state index in [1.54, 1.807) is 24.3 Å². The van der Waals surface area contributed by atoms with Crippen LogP contribution in [0.25, 0.3) is 11.1 Å². The number of sulfonamides is 1. The zero-order chi connectivity index (χ0) is 22.4. The van der Waals surface area contributed by atoms with E-state index in [2.05, 4.69) is 10.3 Å². The highest BCUT2D eigenvalue weighted by Crippen LogP contribution is 2.29. The van der Waals surface area contributed by atoms with Crippen molar-refractivity contribution in [3.63, 3.8) is 0 Å². The minimum atomic E-state index is -4.02. The average Bonchev–Trinajstić information content (AvgIpc) is 2.78. The fraction of sp³-hybridized carbons (Fsp3) is 0.174. The molecule has 0 saturated carbocycles. The number of carbonyl (C=O) groups is 1. The van der Waals surface area contributed by atoms with Crippen LogP contribution >= 0.6 is 0 Å². The minimum absolute atomic E-state index is 0.0553. The van der Waals surface area contributed by atoms with Crippen LogP contribution in [-0.4, -0.2) is 27.5 Å². The van der Waals surface area contributed by atoms with Gasteiger partial charge in [-0.05, 0) is 43.7 Å². The minimum Gasteiger partial charge on any atom is -0.493 e. The number of methoxy groups -OCH3 is 1. The number of hydrogen-bond donors (Lipinski definition) is 2. The molecular formula is C23H24N2O5S. The van der Waals surface area contributed by atoms with Crippen molar-refractivity contribution >= 4 is 15.9 Å². The molecule has 3 rings (SSSR count). The second-order valence-electron chi connectivity index (χ2n) is 6.95. The summed E-state index contributed by atoms with van der Waals surface area (Å²) in [6.07, 6.45) is -0.0648. The lowest BCUT2D eigenvalue weighted by Gasteiger charge is -2.15. The Labute approximate surface area is 182 Å². The molecule has 0 aliphatic carbocycles. The van der Waals surface area contributed by atoms with Gasteiger partial charge in [0.05, 0.1) is 18.1 Å². The molecule has 1 amide bonds. The second kappa shape index (κ2) is 9.63. The Bertz CT molecular complexity index is 1160. The van der Waals surface area contributed by atoms with Crippen molar-refractivity contribution in [3.8, 4) is 22.6 Å². The molecule has 7 nitrogen and oxygen atoms in total. The van der Waals surface area contributed by atoms with Crippen LogP contribution in [0.5, 0.6) is 11.5 Å². The first-order valence-corrected chi connectivity index (χ1v) is 11.1. The van der Waals surface area contributed by atoms with Crippen LogP contribution in [0, 0.1) is 0 Å². The first kappa shape index (κ1) is 22.3. The molecule has 2 N–H and O–H groups in total. The predicted octanol–water partition coefficient (Wildman–Crippen LogP) is 3.77. The molecule has 3 aromatic rings. The zero-order valence-corrected chi connectivity index (χ0v) is 18.3. The van der Waals surface area contributed by atoms with E-state index in [0.29, 0.717) is 17.1 Å². The Morgan fingerprint density at radius 2 is 1.58 bits per heavy atom. The van der Waals surface area contributed by atoms with E-state index in [1.807, 2.05) is 44.2 Å². The Morgan fingerprint density at radius 1 is 0.903 bits per heavy atom. The fourth-order valence-electron chi connectivity index (χ4n) is 2.96. The topological polar surface area (TPSA) is 93.7 Å². The van der Waals surface area contributed by atoms with Crippen LogP contribution in [0.1, 0.15) is 24.2 Å². The second-order valence-corrected chi connectivity index (χ2v) is 8.60. The predicted molar refractivity (Wildman–Crippen MR) is 118 cm³/mol. The number of amides is 1. The van der Waals surface area contributed by atoms with Crippen LogP contribution in [0.2, 0.25) is 0 Å². The van der Waals surface area contributed by atoms with Gasteiger partial charge in [0.2, 0.25) is 0 Å². The van der Waals surface area contributed by atoms with E-state index in [0.717, 1.165) is 5.56 Å². The molecule has 0 aromatic heterocycles. The monoisotopic (exact) mass is 440 g/mol. The highest BCUT2D eigenvalue weighted by Gasteiger charge is 2.20. The van der Waals surface area contributed by atoms with Crippen molar-refractivity contribution in [1.29, 1.82) is 0 Å². The van der Waals surface area contributed by atoms with Gasteiger partial charge in [-0.1, -0.05) is 48.5 Å². The van der Waals surface area contributed by atoms with Crippen molar-refractivity contribution in [2.45, 2.75) is 24.8 Å². The summed E-state index contributed by atoms with van der Waals surface area (Å²) in [5, 5.41) is 0. The molecule has 3 aromatic carbocycles. The summed E-state index contributed by atoms with van der Waals surface area (Å²) in [6, 6.07) is 20.3. The first-order valence-electron chi connectivity index (χ1n) is 9.63. The Balaban J connectivity index is 1.79. The molecule has 31 heavy (non-hydrogen) atoms. The summed E-state index contributed by atoms with van der Waals surface area (Å²) in [4.78, 5) is 14.8. The SMILES string of the molecule is COc1cc(C(=O)NNS(=O)(=O)c2ccccc2-c2ccccc2)ccc1OC(C)C. The van der Waals surface area contributed by atoms with Crippen molar-refractivity contribution < 1.29 is 22.7 Å². The smallest absolute Gasteiger partial charge is 0.266 e. The number of carbonyl (C=O) groups excluding carboxylic acids is 1.